The van der Waals surface area contributed by atoms with E-state index in [1.807, 2.05) is 36.4 Å². The number of nitrogens with zero attached hydrogens (tertiary/aromatic N) is 2. The SMILES string of the molecule is O=C(NCc1ccccn1)c1cccc(NC(=O)C2CC=CCC2c2nc3ccccc3s2)c1. The Morgan fingerprint density at radius 1 is 0.971 bits per heavy atom. The topological polar surface area (TPSA) is 84.0 Å². The van der Waals surface area contributed by atoms with E-state index in [1.165, 1.54) is 0 Å². The fourth-order valence-electron chi connectivity index (χ4n) is 4.17. The molecule has 0 aliphatic heterocycles. The second-order valence-electron chi connectivity index (χ2n) is 8.25. The van der Waals surface area contributed by atoms with E-state index in [0.717, 1.165) is 27.3 Å². The lowest BCUT2D eigenvalue weighted by molar-refractivity contribution is -0.120. The maximum absolute atomic E-state index is 13.3. The number of nitrogens with one attached hydrogen (secondary N) is 2. The summed E-state index contributed by atoms with van der Waals surface area (Å²) in [5, 5.41) is 6.89. The Morgan fingerprint density at radius 3 is 2.68 bits per heavy atom. The Kier molecular flexibility index (Phi) is 6.44. The molecule has 2 unspecified atom stereocenters. The first-order valence-corrected chi connectivity index (χ1v) is 12.1. The third kappa shape index (κ3) is 4.89. The van der Waals surface area contributed by atoms with Crippen LogP contribution in [0.2, 0.25) is 0 Å². The van der Waals surface area contributed by atoms with Gasteiger partial charge in [0.1, 0.15) is 0 Å². The third-order valence-electron chi connectivity index (χ3n) is 5.95. The molecule has 1 aliphatic rings. The summed E-state index contributed by atoms with van der Waals surface area (Å²) in [6, 6.07) is 20.7. The van der Waals surface area contributed by atoms with Crippen LogP contribution in [0.4, 0.5) is 5.69 Å². The number of thiazole rings is 1. The van der Waals surface area contributed by atoms with Crippen LogP contribution in [0, 0.1) is 5.92 Å². The molecule has 7 heteroatoms. The molecular formula is C27H24N4O2S. The van der Waals surface area contributed by atoms with Gasteiger partial charge in [0.05, 0.1) is 33.4 Å². The van der Waals surface area contributed by atoms with Gasteiger partial charge in [0.15, 0.2) is 0 Å². The van der Waals surface area contributed by atoms with Crippen LogP contribution in [-0.4, -0.2) is 21.8 Å². The fraction of sp³-hybridized carbons (Fsp3) is 0.185. The zero-order valence-corrected chi connectivity index (χ0v) is 19.3. The van der Waals surface area contributed by atoms with Crippen LogP contribution in [0.1, 0.15) is 39.8 Å². The second-order valence-corrected chi connectivity index (χ2v) is 9.31. The summed E-state index contributed by atoms with van der Waals surface area (Å²) in [5.74, 6) is -0.450. The van der Waals surface area contributed by atoms with Crippen molar-refractivity contribution in [1.29, 1.82) is 0 Å². The van der Waals surface area contributed by atoms with Crippen LogP contribution in [0.3, 0.4) is 0 Å². The number of hydrogen-bond acceptors (Lipinski definition) is 5. The Labute approximate surface area is 201 Å². The third-order valence-corrected chi connectivity index (χ3v) is 7.11. The summed E-state index contributed by atoms with van der Waals surface area (Å²) in [6.07, 6.45) is 7.34. The molecule has 2 aromatic carbocycles. The first-order valence-electron chi connectivity index (χ1n) is 11.3. The molecule has 5 rings (SSSR count). The monoisotopic (exact) mass is 468 g/mol. The van der Waals surface area contributed by atoms with Crippen molar-refractivity contribution in [3.8, 4) is 0 Å². The number of benzene rings is 2. The second kappa shape index (κ2) is 9.97. The van der Waals surface area contributed by atoms with Gasteiger partial charge in [-0.15, -0.1) is 11.3 Å². The van der Waals surface area contributed by atoms with Crippen molar-refractivity contribution in [2.24, 2.45) is 5.92 Å². The largest absolute Gasteiger partial charge is 0.346 e. The molecule has 1 aliphatic carbocycles. The quantitative estimate of drug-likeness (QED) is 0.376. The number of pyridine rings is 1. The minimum absolute atomic E-state index is 0.0345. The van der Waals surface area contributed by atoms with Gasteiger partial charge in [0.25, 0.3) is 5.91 Å². The predicted molar refractivity (Wildman–Crippen MR) is 135 cm³/mol. The van der Waals surface area contributed by atoms with Gasteiger partial charge in [-0.1, -0.05) is 36.4 Å². The van der Waals surface area contributed by atoms with E-state index < -0.39 is 0 Å². The van der Waals surface area contributed by atoms with Gasteiger partial charge in [-0.2, -0.15) is 0 Å². The Bertz CT molecular complexity index is 1320. The summed E-state index contributed by atoms with van der Waals surface area (Å²) < 4.78 is 1.13. The number of anilines is 1. The molecule has 170 valence electrons. The molecule has 2 aromatic heterocycles. The summed E-state index contributed by atoms with van der Waals surface area (Å²) in [4.78, 5) is 34.9. The highest BCUT2D eigenvalue weighted by Crippen LogP contribution is 2.39. The van der Waals surface area contributed by atoms with E-state index in [2.05, 4.69) is 33.8 Å². The van der Waals surface area contributed by atoms with Crippen LogP contribution in [0.15, 0.2) is 85.1 Å². The van der Waals surface area contributed by atoms with Crippen molar-refractivity contribution in [2.75, 3.05) is 5.32 Å². The number of carbonyl (C=O) groups excluding carboxylic acids is 2. The van der Waals surface area contributed by atoms with E-state index in [-0.39, 0.29) is 23.7 Å². The number of hydrogen-bond donors (Lipinski definition) is 2. The van der Waals surface area contributed by atoms with Crippen LogP contribution in [-0.2, 0) is 11.3 Å². The van der Waals surface area contributed by atoms with Crippen molar-refractivity contribution in [1.82, 2.24) is 15.3 Å². The van der Waals surface area contributed by atoms with Crippen LogP contribution in [0.5, 0.6) is 0 Å². The average Bonchev–Trinajstić information content (AvgIpc) is 3.32. The molecule has 2 heterocycles. The zero-order chi connectivity index (χ0) is 23.3. The lowest BCUT2D eigenvalue weighted by Crippen LogP contribution is -2.29. The molecule has 0 bridgehead atoms. The van der Waals surface area contributed by atoms with Crippen molar-refractivity contribution >= 4 is 39.1 Å². The standard InChI is InChI=1S/C27H24N4O2S/c32-25(29-17-20-9-5-6-15-28-20)18-8-7-10-19(16-18)30-26(33)21-11-1-2-12-22(21)27-31-23-13-3-4-14-24(23)34-27/h1-10,13-16,21-22H,11-12,17H2,(H,29,32)(H,30,33). The molecule has 0 radical (unpaired) electrons. The van der Waals surface area contributed by atoms with Crippen molar-refractivity contribution in [3.63, 3.8) is 0 Å². The number of para-hydroxylation sites is 1. The average molecular weight is 469 g/mol. The van der Waals surface area contributed by atoms with Crippen LogP contribution < -0.4 is 10.6 Å². The first-order chi connectivity index (χ1) is 16.7. The Balaban J connectivity index is 1.28. The van der Waals surface area contributed by atoms with Gasteiger partial charge in [0, 0.05) is 23.4 Å². The van der Waals surface area contributed by atoms with Gasteiger partial charge in [-0.05, 0) is 55.3 Å². The Hall–Kier alpha value is -3.84. The number of carbonyl (C=O) groups is 2. The zero-order valence-electron chi connectivity index (χ0n) is 18.5. The molecule has 2 amide bonds. The lowest BCUT2D eigenvalue weighted by Gasteiger charge is -2.26. The Morgan fingerprint density at radius 2 is 1.82 bits per heavy atom. The van der Waals surface area contributed by atoms with E-state index in [9.17, 15) is 9.59 Å². The number of allylic oxidation sites excluding steroid dienone is 2. The number of fused-ring (bicyclic) bond motifs is 1. The number of amides is 2. The smallest absolute Gasteiger partial charge is 0.251 e. The minimum atomic E-state index is -0.216. The maximum atomic E-state index is 13.3. The molecule has 0 saturated carbocycles. The fourth-order valence-corrected chi connectivity index (χ4v) is 5.32. The van der Waals surface area contributed by atoms with E-state index in [4.69, 9.17) is 4.98 Å². The highest BCUT2D eigenvalue weighted by molar-refractivity contribution is 7.18. The van der Waals surface area contributed by atoms with E-state index in [0.29, 0.717) is 24.2 Å². The lowest BCUT2D eigenvalue weighted by atomic mass is 9.82. The molecular weight excluding hydrogens is 444 g/mol. The van der Waals surface area contributed by atoms with Gasteiger partial charge >= 0.3 is 0 Å². The summed E-state index contributed by atoms with van der Waals surface area (Å²) >= 11 is 1.66. The van der Waals surface area contributed by atoms with Gasteiger partial charge in [0.2, 0.25) is 5.91 Å². The molecule has 0 spiro atoms. The molecule has 2 atom stereocenters. The minimum Gasteiger partial charge on any atom is -0.346 e. The maximum Gasteiger partial charge on any atom is 0.251 e. The number of rotatable bonds is 6. The highest BCUT2D eigenvalue weighted by Gasteiger charge is 2.32. The predicted octanol–water partition coefficient (Wildman–Crippen LogP) is 5.31. The van der Waals surface area contributed by atoms with Gasteiger partial charge in [-0.25, -0.2) is 4.98 Å². The van der Waals surface area contributed by atoms with Crippen LogP contribution in [0.25, 0.3) is 10.2 Å². The molecule has 2 N–H and O–H groups in total. The number of aromatic nitrogens is 2. The van der Waals surface area contributed by atoms with Crippen molar-refractivity contribution in [3.05, 3.63) is 101 Å². The van der Waals surface area contributed by atoms with Gasteiger partial charge in [-0.3, -0.25) is 14.6 Å². The summed E-state index contributed by atoms with van der Waals surface area (Å²) in [5.41, 5.74) is 2.85. The van der Waals surface area contributed by atoms with E-state index >= 15 is 0 Å². The normalized spacial score (nSPS) is 17.4. The summed E-state index contributed by atoms with van der Waals surface area (Å²) in [7, 11) is 0. The molecule has 0 fully saturated rings. The van der Waals surface area contributed by atoms with Crippen molar-refractivity contribution < 1.29 is 9.59 Å². The first kappa shape index (κ1) is 22.0. The molecule has 34 heavy (non-hydrogen) atoms. The molecule has 0 saturated heterocycles. The summed E-state index contributed by atoms with van der Waals surface area (Å²) in [6.45, 7) is 0.342. The highest BCUT2D eigenvalue weighted by atomic mass is 32.1. The molecule has 6 nitrogen and oxygen atoms in total. The van der Waals surface area contributed by atoms with E-state index in [1.54, 1.807) is 41.8 Å². The molecule has 4 aromatic rings. The van der Waals surface area contributed by atoms with Gasteiger partial charge < -0.3 is 10.6 Å². The van der Waals surface area contributed by atoms with Crippen molar-refractivity contribution in [2.45, 2.75) is 25.3 Å². The van der Waals surface area contributed by atoms with Crippen LogP contribution >= 0.6 is 11.3 Å².